The van der Waals surface area contributed by atoms with Gasteiger partial charge in [-0.25, -0.2) is 0 Å². The van der Waals surface area contributed by atoms with E-state index >= 15 is 0 Å². The van der Waals surface area contributed by atoms with Crippen LogP contribution in [0.3, 0.4) is 0 Å². The largest absolute Gasteiger partial charge is 0.379 e. The molecule has 2 N–H and O–H groups in total. The molecule has 0 aliphatic carbocycles. The summed E-state index contributed by atoms with van der Waals surface area (Å²) in [6, 6.07) is 18.4. The van der Waals surface area contributed by atoms with Crippen LogP contribution < -0.4 is 5.32 Å². The van der Waals surface area contributed by atoms with Crippen molar-refractivity contribution in [3.05, 3.63) is 65.9 Å². The molecule has 0 bridgehead atoms. The summed E-state index contributed by atoms with van der Waals surface area (Å²) >= 11 is 0. The first-order valence-corrected chi connectivity index (χ1v) is 6.58. The van der Waals surface area contributed by atoms with Gasteiger partial charge in [0.15, 0.2) is 0 Å². The Bertz CT molecular complexity index is 671. The lowest BCUT2D eigenvalue weighted by Gasteiger charge is -2.06. The first kappa shape index (κ1) is 12.4. The maximum Gasteiger partial charge on any atom is 0.117 e. The highest BCUT2D eigenvalue weighted by molar-refractivity contribution is 5.61. The van der Waals surface area contributed by atoms with E-state index in [-0.39, 0.29) is 0 Å². The highest BCUT2D eigenvalue weighted by atomic mass is 15.3. The Kier molecular flexibility index (Phi) is 3.46. The molecule has 4 heteroatoms. The lowest BCUT2D eigenvalue weighted by molar-refractivity contribution is 0.911. The summed E-state index contributed by atoms with van der Waals surface area (Å²) in [5.74, 6) is 0. The van der Waals surface area contributed by atoms with Gasteiger partial charge in [-0.2, -0.15) is 15.4 Å². The standard InChI is InChI=1S/C16H16N4/c1-12-7-9-14(10-8-12)17-11-15-16(19-20-18-15)13-5-3-2-4-6-13/h2-10,17H,11H2,1H3,(H,18,19,20). The minimum absolute atomic E-state index is 0.643. The van der Waals surface area contributed by atoms with Gasteiger partial charge in [-0.1, -0.05) is 48.0 Å². The minimum atomic E-state index is 0.643. The third kappa shape index (κ3) is 2.69. The Hall–Kier alpha value is -2.62. The van der Waals surface area contributed by atoms with Crippen LogP contribution in [-0.2, 0) is 6.54 Å². The lowest BCUT2D eigenvalue weighted by atomic mass is 10.1. The summed E-state index contributed by atoms with van der Waals surface area (Å²) in [6.45, 7) is 2.72. The molecule has 0 fully saturated rings. The molecular weight excluding hydrogens is 248 g/mol. The molecule has 0 aliphatic heterocycles. The van der Waals surface area contributed by atoms with E-state index in [1.54, 1.807) is 0 Å². The van der Waals surface area contributed by atoms with Crippen molar-refractivity contribution in [1.29, 1.82) is 0 Å². The summed E-state index contributed by atoms with van der Waals surface area (Å²) in [4.78, 5) is 0. The second kappa shape index (κ2) is 5.57. The number of H-pyrrole nitrogens is 1. The van der Waals surface area contributed by atoms with Gasteiger partial charge in [0.25, 0.3) is 0 Å². The van der Waals surface area contributed by atoms with Crippen molar-refractivity contribution in [2.45, 2.75) is 13.5 Å². The van der Waals surface area contributed by atoms with E-state index < -0.39 is 0 Å². The smallest absolute Gasteiger partial charge is 0.117 e. The van der Waals surface area contributed by atoms with Crippen molar-refractivity contribution in [1.82, 2.24) is 15.4 Å². The SMILES string of the molecule is Cc1ccc(NCc2n[nH]nc2-c2ccccc2)cc1. The van der Waals surface area contributed by atoms with Crippen LogP contribution in [0.5, 0.6) is 0 Å². The van der Waals surface area contributed by atoms with Gasteiger partial charge < -0.3 is 5.32 Å². The average molecular weight is 264 g/mol. The number of hydrogen-bond donors (Lipinski definition) is 2. The maximum atomic E-state index is 4.24. The number of anilines is 1. The summed E-state index contributed by atoms with van der Waals surface area (Å²) in [5, 5.41) is 14.5. The van der Waals surface area contributed by atoms with Crippen molar-refractivity contribution >= 4 is 5.69 Å². The fourth-order valence-corrected chi connectivity index (χ4v) is 2.06. The van der Waals surface area contributed by atoms with Crippen LogP contribution in [-0.4, -0.2) is 15.4 Å². The molecule has 0 aliphatic rings. The third-order valence-electron chi connectivity index (χ3n) is 3.18. The van der Waals surface area contributed by atoms with Gasteiger partial charge in [-0.15, -0.1) is 0 Å². The maximum absolute atomic E-state index is 4.24. The molecule has 0 atom stereocenters. The molecule has 3 rings (SSSR count). The van der Waals surface area contributed by atoms with E-state index in [0.717, 1.165) is 22.6 Å². The third-order valence-corrected chi connectivity index (χ3v) is 3.18. The van der Waals surface area contributed by atoms with Crippen LogP contribution in [0.25, 0.3) is 11.3 Å². The highest BCUT2D eigenvalue weighted by Gasteiger charge is 2.09. The topological polar surface area (TPSA) is 53.6 Å². The molecule has 2 aromatic carbocycles. The Morgan fingerprint density at radius 2 is 1.70 bits per heavy atom. The molecule has 3 aromatic rings. The van der Waals surface area contributed by atoms with Gasteiger partial charge in [-0.3, -0.25) is 0 Å². The molecule has 0 unspecified atom stereocenters. The van der Waals surface area contributed by atoms with Crippen molar-refractivity contribution in [2.24, 2.45) is 0 Å². The fourth-order valence-electron chi connectivity index (χ4n) is 2.06. The van der Waals surface area contributed by atoms with Gasteiger partial charge in [0.05, 0.1) is 6.54 Å². The molecule has 4 nitrogen and oxygen atoms in total. The number of aromatic nitrogens is 3. The molecule has 0 saturated carbocycles. The second-order valence-electron chi connectivity index (χ2n) is 4.70. The van der Waals surface area contributed by atoms with Crippen LogP contribution in [0, 0.1) is 6.92 Å². The molecule has 0 saturated heterocycles. The molecule has 1 heterocycles. The molecule has 20 heavy (non-hydrogen) atoms. The number of nitrogens with one attached hydrogen (secondary N) is 2. The number of nitrogens with zero attached hydrogens (tertiary/aromatic N) is 2. The zero-order valence-corrected chi connectivity index (χ0v) is 11.3. The monoisotopic (exact) mass is 264 g/mol. The van der Waals surface area contributed by atoms with E-state index in [0.29, 0.717) is 6.54 Å². The van der Waals surface area contributed by atoms with Crippen LogP contribution in [0.15, 0.2) is 54.6 Å². The summed E-state index contributed by atoms with van der Waals surface area (Å²) in [7, 11) is 0. The average Bonchev–Trinajstić information content (AvgIpc) is 2.96. The number of aromatic amines is 1. The van der Waals surface area contributed by atoms with Gasteiger partial charge in [0.1, 0.15) is 11.4 Å². The van der Waals surface area contributed by atoms with Gasteiger partial charge in [0, 0.05) is 11.3 Å². The Balaban J connectivity index is 1.76. The van der Waals surface area contributed by atoms with Crippen LogP contribution in [0.1, 0.15) is 11.3 Å². The zero-order chi connectivity index (χ0) is 13.8. The van der Waals surface area contributed by atoms with Crippen LogP contribution in [0.2, 0.25) is 0 Å². The first-order valence-electron chi connectivity index (χ1n) is 6.58. The normalized spacial score (nSPS) is 10.4. The Labute approximate surface area is 117 Å². The predicted octanol–water partition coefficient (Wildman–Crippen LogP) is 3.39. The number of aryl methyl sites for hydroxylation is 1. The van der Waals surface area contributed by atoms with Gasteiger partial charge >= 0.3 is 0 Å². The van der Waals surface area contributed by atoms with E-state index in [1.807, 2.05) is 30.3 Å². The minimum Gasteiger partial charge on any atom is -0.379 e. The molecule has 100 valence electrons. The summed E-state index contributed by atoms with van der Waals surface area (Å²) < 4.78 is 0. The van der Waals surface area contributed by atoms with Crippen LogP contribution in [0.4, 0.5) is 5.69 Å². The fraction of sp³-hybridized carbons (Fsp3) is 0.125. The van der Waals surface area contributed by atoms with Crippen molar-refractivity contribution in [2.75, 3.05) is 5.32 Å². The molecule has 0 radical (unpaired) electrons. The van der Waals surface area contributed by atoms with E-state index in [4.69, 9.17) is 0 Å². The number of hydrogen-bond acceptors (Lipinski definition) is 3. The van der Waals surface area contributed by atoms with Crippen molar-refractivity contribution in [3.8, 4) is 11.3 Å². The lowest BCUT2D eigenvalue weighted by Crippen LogP contribution is -2.01. The summed E-state index contributed by atoms with van der Waals surface area (Å²) in [5.41, 5.74) is 5.21. The number of rotatable bonds is 4. The van der Waals surface area contributed by atoms with Gasteiger partial charge in [0.2, 0.25) is 0 Å². The molecule has 0 amide bonds. The van der Waals surface area contributed by atoms with Crippen LogP contribution >= 0.6 is 0 Å². The van der Waals surface area contributed by atoms with E-state index in [2.05, 4.69) is 51.9 Å². The van der Waals surface area contributed by atoms with Gasteiger partial charge in [-0.05, 0) is 19.1 Å². The highest BCUT2D eigenvalue weighted by Crippen LogP contribution is 2.20. The Morgan fingerprint density at radius 3 is 2.45 bits per heavy atom. The van der Waals surface area contributed by atoms with Crippen molar-refractivity contribution in [3.63, 3.8) is 0 Å². The van der Waals surface area contributed by atoms with E-state index in [1.165, 1.54) is 5.56 Å². The molecular formula is C16H16N4. The van der Waals surface area contributed by atoms with E-state index in [9.17, 15) is 0 Å². The predicted molar refractivity (Wildman–Crippen MR) is 80.3 cm³/mol. The number of benzene rings is 2. The first-order chi connectivity index (χ1) is 9.83. The molecule has 0 spiro atoms. The zero-order valence-electron chi connectivity index (χ0n) is 11.3. The summed E-state index contributed by atoms with van der Waals surface area (Å²) in [6.07, 6.45) is 0. The molecule has 1 aromatic heterocycles. The quantitative estimate of drug-likeness (QED) is 0.759. The second-order valence-corrected chi connectivity index (χ2v) is 4.70. The van der Waals surface area contributed by atoms with Crippen molar-refractivity contribution < 1.29 is 0 Å². The Morgan fingerprint density at radius 1 is 0.950 bits per heavy atom.